The first-order valence-corrected chi connectivity index (χ1v) is 15.6. The minimum atomic E-state index is -0.940. The molecule has 1 N–H and O–H groups in total. The van der Waals surface area contributed by atoms with Gasteiger partial charge in [0.2, 0.25) is 11.6 Å². The second-order valence-corrected chi connectivity index (χ2v) is 13.8. The van der Waals surface area contributed by atoms with E-state index in [2.05, 4.69) is 13.8 Å². The highest BCUT2D eigenvalue weighted by atomic mass is 16.5. The van der Waals surface area contributed by atoms with E-state index in [0.717, 1.165) is 31.3 Å². The molecule has 0 radical (unpaired) electrons. The topological polar surface area (TPSA) is 108 Å². The number of esters is 1. The average Bonchev–Trinajstić information content (AvgIpc) is 2.92. The lowest BCUT2D eigenvalue weighted by Gasteiger charge is -2.60. The lowest BCUT2D eigenvalue weighted by atomic mass is 9.53. The molecule has 0 aromatic rings. The van der Waals surface area contributed by atoms with Crippen LogP contribution in [0.3, 0.4) is 0 Å². The summed E-state index contributed by atoms with van der Waals surface area (Å²) in [6, 6.07) is 0. The van der Waals surface area contributed by atoms with E-state index < -0.39 is 29.2 Å². The molecule has 1 saturated heterocycles. The second-order valence-electron chi connectivity index (χ2n) is 13.8. The van der Waals surface area contributed by atoms with Crippen LogP contribution in [0, 0.1) is 17.3 Å². The Balaban J connectivity index is 1.73. The van der Waals surface area contributed by atoms with Crippen molar-refractivity contribution in [3.8, 4) is 0 Å². The summed E-state index contributed by atoms with van der Waals surface area (Å²) in [6.45, 7) is 17.0. The molecule has 4 aliphatic rings. The van der Waals surface area contributed by atoms with Gasteiger partial charge in [-0.05, 0) is 78.7 Å². The van der Waals surface area contributed by atoms with Crippen molar-refractivity contribution < 1.29 is 38.4 Å². The van der Waals surface area contributed by atoms with Crippen molar-refractivity contribution in [1.82, 2.24) is 0 Å². The van der Waals surface area contributed by atoms with Crippen molar-refractivity contribution in [1.29, 1.82) is 0 Å². The number of carbonyl (C=O) groups excluding carboxylic acids is 3. The van der Waals surface area contributed by atoms with E-state index in [1.54, 1.807) is 20.8 Å². The van der Waals surface area contributed by atoms with Crippen LogP contribution in [0.4, 0.5) is 0 Å². The van der Waals surface area contributed by atoms with E-state index >= 15 is 0 Å². The standard InChI is InChI=1S/C34H50O8/c1-10-12-17-39-31-26(20(4)29(19(3)11-2)40-21(5)35)28(37)30-22(27(31)36)18-23-33(8)15-13-24(32(6,7)38)41-25(33)14-16-34(23,9)42-30/h11,20,23-25,29,38H,10,12-18H2,1-9H3/b19-11+/t20-,23+,24+,25+,29+,33+,34+/m0/s1. The van der Waals surface area contributed by atoms with Gasteiger partial charge >= 0.3 is 5.97 Å². The Labute approximate surface area is 250 Å². The van der Waals surface area contributed by atoms with Gasteiger partial charge < -0.3 is 24.1 Å². The Bertz CT molecular complexity index is 1200. The number of allylic oxidation sites excluding steroid dienone is 3. The monoisotopic (exact) mass is 586 g/mol. The van der Waals surface area contributed by atoms with Crippen LogP contribution in [0.25, 0.3) is 0 Å². The van der Waals surface area contributed by atoms with Crippen molar-refractivity contribution in [2.24, 2.45) is 17.3 Å². The molecule has 1 saturated carbocycles. The number of rotatable bonds is 9. The number of fused-ring (bicyclic) bond motifs is 3. The Hall–Kier alpha value is -2.45. The third-order valence-corrected chi connectivity index (χ3v) is 10.3. The number of hydrogen-bond acceptors (Lipinski definition) is 8. The van der Waals surface area contributed by atoms with E-state index in [4.69, 9.17) is 18.9 Å². The fourth-order valence-corrected chi connectivity index (χ4v) is 7.62. The van der Waals surface area contributed by atoms with Crippen molar-refractivity contribution in [2.75, 3.05) is 6.61 Å². The molecule has 0 bridgehead atoms. The first-order valence-electron chi connectivity index (χ1n) is 15.6. The minimum Gasteiger partial charge on any atom is -0.489 e. The van der Waals surface area contributed by atoms with Crippen molar-refractivity contribution >= 4 is 17.5 Å². The lowest BCUT2D eigenvalue weighted by molar-refractivity contribution is -0.245. The Morgan fingerprint density at radius 3 is 2.45 bits per heavy atom. The van der Waals surface area contributed by atoms with E-state index in [1.807, 2.05) is 26.8 Å². The van der Waals surface area contributed by atoms with Gasteiger partial charge in [0.25, 0.3) is 0 Å². The Morgan fingerprint density at radius 1 is 1.17 bits per heavy atom. The minimum absolute atomic E-state index is 0.0486. The summed E-state index contributed by atoms with van der Waals surface area (Å²) in [7, 11) is 0. The number of aliphatic hydroxyl groups is 1. The third-order valence-electron chi connectivity index (χ3n) is 10.3. The van der Waals surface area contributed by atoms with Crippen LogP contribution in [0.1, 0.15) is 107 Å². The third kappa shape index (κ3) is 5.73. The van der Waals surface area contributed by atoms with Crippen LogP contribution >= 0.6 is 0 Å². The largest absolute Gasteiger partial charge is 0.489 e. The van der Waals surface area contributed by atoms with Crippen LogP contribution in [0.15, 0.2) is 34.3 Å². The van der Waals surface area contributed by atoms with Crippen molar-refractivity contribution in [3.05, 3.63) is 34.3 Å². The molecule has 234 valence electrons. The lowest BCUT2D eigenvalue weighted by Crippen LogP contribution is -2.62. The fraction of sp³-hybridized carbons (Fsp3) is 0.735. The predicted octanol–water partition coefficient (Wildman–Crippen LogP) is 5.91. The number of unbranched alkanes of at least 4 members (excludes halogenated alkanes) is 1. The molecule has 7 atom stereocenters. The van der Waals surface area contributed by atoms with Gasteiger partial charge in [0.05, 0.1) is 30.0 Å². The van der Waals surface area contributed by atoms with Gasteiger partial charge in [-0.1, -0.05) is 33.3 Å². The van der Waals surface area contributed by atoms with Gasteiger partial charge in [-0.15, -0.1) is 0 Å². The highest BCUT2D eigenvalue weighted by molar-refractivity contribution is 6.24. The number of Topliss-reactive ketones (excluding diaryl/α,β-unsaturated/α-hetero) is 2. The van der Waals surface area contributed by atoms with E-state index in [9.17, 15) is 19.5 Å². The summed E-state index contributed by atoms with van der Waals surface area (Å²) in [6.07, 6.45) is 5.71. The number of ether oxygens (including phenoxy) is 4. The maximum atomic E-state index is 14.3. The number of carbonyl (C=O) groups is 3. The first-order chi connectivity index (χ1) is 19.6. The zero-order chi connectivity index (χ0) is 31.2. The molecule has 0 amide bonds. The zero-order valence-electron chi connectivity index (χ0n) is 26.9. The van der Waals surface area contributed by atoms with E-state index in [-0.39, 0.29) is 52.2 Å². The maximum absolute atomic E-state index is 14.3. The highest BCUT2D eigenvalue weighted by Gasteiger charge is 2.61. The summed E-state index contributed by atoms with van der Waals surface area (Å²) in [5.41, 5.74) is -0.538. The molecule has 2 fully saturated rings. The molecular formula is C34H50O8. The normalized spacial score (nSPS) is 33.3. The van der Waals surface area contributed by atoms with Crippen LogP contribution in [-0.4, -0.2) is 58.8 Å². The molecule has 0 spiro atoms. The van der Waals surface area contributed by atoms with E-state index in [0.29, 0.717) is 31.4 Å². The van der Waals surface area contributed by atoms with E-state index in [1.165, 1.54) is 6.92 Å². The molecule has 2 aliphatic heterocycles. The second kappa shape index (κ2) is 11.9. The molecule has 8 heteroatoms. The fourth-order valence-electron chi connectivity index (χ4n) is 7.62. The SMILES string of the molecule is C/C=C(\C)[C@@H](OC(C)=O)[C@@H](C)C1=C(OCCCC)C(=O)C2=C(O[C@]3(C)CC[C@H]4O[C@@H](C(C)(C)O)CC[C@]4(C)[C@H]3C2)C1=O. The molecule has 4 rings (SSSR count). The van der Waals surface area contributed by atoms with Gasteiger partial charge in [0.15, 0.2) is 11.5 Å². The molecule has 8 nitrogen and oxygen atoms in total. The number of hydrogen-bond donors (Lipinski definition) is 1. The van der Waals surface area contributed by atoms with Crippen LogP contribution in [0.2, 0.25) is 0 Å². The van der Waals surface area contributed by atoms with Crippen LogP contribution < -0.4 is 0 Å². The van der Waals surface area contributed by atoms with Crippen LogP contribution in [-0.2, 0) is 33.3 Å². The van der Waals surface area contributed by atoms with Crippen molar-refractivity contribution in [3.63, 3.8) is 0 Å². The predicted molar refractivity (Wildman–Crippen MR) is 158 cm³/mol. The molecule has 0 unspecified atom stereocenters. The van der Waals surface area contributed by atoms with Gasteiger partial charge in [-0.25, -0.2) is 0 Å². The summed E-state index contributed by atoms with van der Waals surface area (Å²) in [4.78, 5) is 40.6. The summed E-state index contributed by atoms with van der Waals surface area (Å²) in [5, 5.41) is 10.7. The van der Waals surface area contributed by atoms with Gasteiger partial charge in [0.1, 0.15) is 11.7 Å². The zero-order valence-corrected chi connectivity index (χ0v) is 26.9. The van der Waals surface area contributed by atoms with Crippen molar-refractivity contribution in [2.45, 2.75) is 137 Å². The van der Waals surface area contributed by atoms with Crippen LogP contribution in [0.5, 0.6) is 0 Å². The summed E-state index contributed by atoms with van der Waals surface area (Å²) >= 11 is 0. The molecule has 2 heterocycles. The molecule has 2 aliphatic carbocycles. The summed E-state index contributed by atoms with van der Waals surface area (Å²) in [5.74, 6) is -1.67. The smallest absolute Gasteiger partial charge is 0.303 e. The molecular weight excluding hydrogens is 536 g/mol. The Morgan fingerprint density at radius 2 is 1.86 bits per heavy atom. The average molecular weight is 587 g/mol. The quantitative estimate of drug-likeness (QED) is 0.154. The maximum Gasteiger partial charge on any atom is 0.303 e. The van der Waals surface area contributed by atoms with Gasteiger partial charge in [-0.3, -0.25) is 14.4 Å². The van der Waals surface area contributed by atoms with Gasteiger partial charge in [0, 0.05) is 29.7 Å². The number of ketones is 2. The highest BCUT2D eigenvalue weighted by Crippen LogP contribution is 2.60. The molecule has 42 heavy (non-hydrogen) atoms. The van der Waals surface area contributed by atoms with Gasteiger partial charge in [-0.2, -0.15) is 0 Å². The molecule has 0 aromatic heterocycles. The summed E-state index contributed by atoms with van der Waals surface area (Å²) < 4.78 is 25.0. The first kappa shape index (κ1) is 32.5. The molecule has 0 aromatic carbocycles. The Kier molecular flexibility index (Phi) is 9.21.